The molecule has 28 heavy (non-hydrogen) atoms. The smallest absolute Gasteiger partial charge is 0.274 e. The third-order valence-electron chi connectivity index (χ3n) is 4.09. The molecule has 3 aromatic rings. The van der Waals surface area contributed by atoms with Crippen LogP contribution in [0.5, 0.6) is 5.75 Å². The van der Waals surface area contributed by atoms with Crippen LogP contribution in [0.2, 0.25) is 0 Å². The Bertz CT molecular complexity index is 905. The Morgan fingerprint density at radius 3 is 2.14 bits per heavy atom. The summed E-state index contributed by atoms with van der Waals surface area (Å²) in [6.45, 7) is 2.54. The molecule has 1 aromatic heterocycles. The number of carbonyl (C=O) groups is 1. The van der Waals surface area contributed by atoms with E-state index in [0.717, 1.165) is 22.8 Å². The number of benzene rings is 2. The average Bonchev–Trinajstić information content (AvgIpc) is 2.70. The topological polar surface area (TPSA) is 66.5 Å². The summed E-state index contributed by atoms with van der Waals surface area (Å²) in [4.78, 5) is 18.7. The van der Waals surface area contributed by atoms with Gasteiger partial charge in [0.2, 0.25) is 0 Å². The van der Waals surface area contributed by atoms with Crippen LogP contribution in [0.1, 0.15) is 17.4 Å². The molecule has 0 bridgehead atoms. The number of anilines is 4. The van der Waals surface area contributed by atoms with Crippen molar-refractivity contribution in [3.63, 3.8) is 0 Å². The van der Waals surface area contributed by atoms with E-state index in [-0.39, 0.29) is 5.91 Å². The normalized spacial score (nSPS) is 10.2. The highest BCUT2D eigenvalue weighted by Gasteiger charge is 2.08. The number of pyridine rings is 1. The van der Waals surface area contributed by atoms with E-state index in [1.165, 1.54) is 0 Å². The Hall–Kier alpha value is -3.54. The van der Waals surface area contributed by atoms with Gasteiger partial charge in [-0.1, -0.05) is 0 Å². The van der Waals surface area contributed by atoms with E-state index >= 15 is 0 Å². The lowest BCUT2D eigenvalue weighted by atomic mass is 10.2. The van der Waals surface area contributed by atoms with Crippen LogP contribution >= 0.6 is 0 Å². The van der Waals surface area contributed by atoms with Crippen LogP contribution in [0.25, 0.3) is 0 Å². The zero-order valence-electron chi connectivity index (χ0n) is 16.3. The van der Waals surface area contributed by atoms with E-state index in [1.54, 1.807) is 24.4 Å². The Morgan fingerprint density at radius 2 is 1.57 bits per heavy atom. The standard InChI is InChI=1S/C22H24N4O2/c1-4-28-20-12-7-17(8-13-20)25-22(27)21-14-9-18(15-23-21)24-16-5-10-19(11-6-16)26(2)3/h5-15,24H,4H2,1-3H3,(H,25,27). The lowest BCUT2D eigenvalue weighted by Crippen LogP contribution is -2.13. The molecular weight excluding hydrogens is 352 g/mol. The average molecular weight is 376 g/mol. The highest BCUT2D eigenvalue weighted by Crippen LogP contribution is 2.20. The minimum atomic E-state index is -0.258. The number of amides is 1. The monoisotopic (exact) mass is 376 g/mol. The first-order valence-electron chi connectivity index (χ1n) is 9.10. The highest BCUT2D eigenvalue weighted by molar-refractivity contribution is 6.03. The van der Waals surface area contributed by atoms with Crippen LogP contribution < -0.4 is 20.3 Å². The van der Waals surface area contributed by atoms with Crippen molar-refractivity contribution in [1.82, 2.24) is 4.98 Å². The second-order valence-corrected chi connectivity index (χ2v) is 6.41. The summed E-state index contributed by atoms with van der Waals surface area (Å²) in [6, 6.07) is 18.8. The second-order valence-electron chi connectivity index (χ2n) is 6.41. The molecule has 0 unspecified atom stereocenters. The number of hydrogen-bond donors (Lipinski definition) is 2. The summed E-state index contributed by atoms with van der Waals surface area (Å²) in [5.74, 6) is 0.513. The van der Waals surface area contributed by atoms with Gasteiger partial charge in [0.1, 0.15) is 11.4 Å². The van der Waals surface area contributed by atoms with Crippen molar-refractivity contribution in [3.05, 3.63) is 72.6 Å². The summed E-state index contributed by atoms with van der Waals surface area (Å²) >= 11 is 0. The van der Waals surface area contributed by atoms with Gasteiger partial charge in [-0.3, -0.25) is 4.79 Å². The van der Waals surface area contributed by atoms with Gasteiger partial charge in [0, 0.05) is 31.2 Å². The predicted octanol–water partition coefficient (Wildman–Crippen LogP) is 4.54. The summed E-state index contributed by atoms with van der Waals surface area (Å²) in [5, 5.41) is 6.11. The zero-order valence-corrected chi connectivity index (χ0v) is 16.3. The van der Waals surface area contributed by atoms with Crippen LogP contribution in [-0.4, -0.2) is 31.6 Å². The number of hydrogen-bond acceptors (Lipinski definition) is 5. The molecule has 0 atom stereocenters. The third kappa shape index (κ3) is 5.01. The van der Waals surface area contributed by atoms with Gasteiger partial charge in [-0.05, 0) is 67.6 Å². The number of carbonyl (C=O) groups excluding carboxylic acids is 1. The Kier molecular flexibility index (Phi) is 6.11. The maximum atomic E-state index is 12.4. The van der Waals surface area contributed by atoms with Gasteiger partial charge < -0.3 is 20.3 Å². The van der Waals surface area contributed by atoms with Gasteiger partial charge in [-0.15, -0.1) is 0 Å². The van der Waals surface area contributed by atoms with Gasteiger partial charge in [-0.25, -0.2) is 4.98 Å². The van der Waals surface area contributed by atoms with E-state index < -0.39 is 0 Å². The van der Waals surface area contributed by atoms with Crippen molar-refractivity contribution in [2.24, 2.45) is 0 Å². The lowest BCUT2D eigenvalue weighted by molar-refractivity contribution is 0.102. The molecule has 0 spiro atoms. The molecule has 0 saturated carbocycles. The molecule has 1 amide bonds. The van der Waals surface area contributed by atoms with E-state index in [0.29, 0.717) is 18.0 Å². The summed E-state index contributed by atoms with van der Waals surface area (Å²) in [7, 11) is 4.01. The minimum Gasteiger partial charge on any atom is -0.494 e. The Morgan fingerprint density at radius 1 is 0.929 bits per heavy atom. The minimum absolute atomic E-state index is 0.258. The molecule has 0 fully saturated rings. The molecule has 0 aliphatic carbocycles. The molecule has 2 N–H and O–H groups in total. The summed E-state index contributed by atoms with van der Waals surface area (Å²) in [5.41, 5.74) is 3.94. The van der Waals surface area contributed by atoms with E-state index in [2.05, 4.69) is 15.6 Å². The molecule has 6 heteroatoms. The second kappa shape index (κ2) is 8.90. The van der Waals surface area contributed by atoms with Crippen LogP contribution in [-0.2, 0) is 0 Å². The fourth-order valence-corrected chi connectivity index (χ4v) is 2.61. The van der Waals surface area contributed by atoms with Crippen molar-refractivity contribution in [2.75, 3.05) is 36.2 Å². The van der Waals surface area contributed by atoms with Crippen molar-refractivity contribution in [1.29, 1.82) is 0 Å². The molecule has 6 nitrogen and oxygen atoms in total. The Balaban J connectivity index is 1.60. The fraction of sp³-hybridized carbons (Fsp3) is 0.182. The van der Waals surface area contributed by atoms with Crippen LogP contribution in [0, 0.1) is 0 Å². The number of ether oxygens (including phenoxy) is 1. The predicted molar refractivity (Wildman–Crippen MR) is 114 cm³/mol. The van der Waals surface area contributed by atoms with E-state index in [1.807, 2.05) is 68.4 Å². The van der Waals surface area contributed by atoms with Gasteiger partial charge in [0.25, 0.3) is 5.91 Å². The molecule has 1 heterocycles. The molecule has 144 valence electrons. The third-order valence-corrected chi connectivity index (χ3v) is 4.09. The van der Waals surface area contributed by atoms with Gasteiger partial charge in [0.15, 0.2) is 0 Å². The van der Waals surface area contributed by atoms with Gasteiger partial charge in [-0.2, -0.15) is 0 Å². The van der Waals surface area contributed by atoms with Crippen LogP contribution in [0.4, 0.5) is 22.7 Å². The van der Waals surface area contributed by atoms with Crippen molar-refractivity contribution in [3.8, 4) is 5.75 Å². The molecule has 0 radical (unpaired) electrons. The molecule has 2 aromatic carbocycles. The molecular formula is C22H24N4O2. The highest BCUT2D eigenvalue weighted by atomic mass is 16.5. The number of aromatic nitrogens is 1. The van der Waals surface area contributed by atoms with Crippen molar-refractivity contribution >= 4 is 28.7 Å². The lowest BCUT2D eigenvalue weighted by Gasteiger charge is -2.13. The first kappa shape index (κ1) is 19.2. The fourth-order valence-electron chi connectivity index (χ4n) is 2.61. The van der Waals surface area contributed by atoms with Gasteiger partial charge in [0.05, 0.1) is 18.5 Å². The maximum Gasteiger partial charge on any atom is 0.274 e. The van der Waals surface area contributed by atoms with Crippen LogP contribution in [0.15, 0.2) is 66.9 Å². The zero-order chi connectivity index (χ0) is 19.9. The van der Waals surface area contributed by atoms with Crippen molar-refractivity contribution < 1.29 is 9.53 Å². The first-order chi connectivity index (χ1) is 13.5. The maximum absolute atomic E-state index is 12.4. The molecule has 0 aliphatic rings. The van der Waals surface area contributed by atoms with E-state index in [4.69, 9.17) is 4.74 Å². The first-order valence-corrected chi connectivity index (χ1v) is 9.10. The van der Waals surface area contributed by atoms with Gasteiger partial charge >= 0.3 is 0 Å². The number of nitrogens with one attached hydrogen (secondary N) is 2. The van der Waals surface area contributed by atoms with E-state index in [9.17, 15) is 4.79 Å². The molecule has 3 rings (SSSR count). The summed E-state index contributed by atoms with van der Waals surface area (Å²) in [6.07, 6.45) is 1.65. The SMILES string of the molecule is CCOc1ccc(NC(=O)c2ccc(Nc3ccc(N(C)C)cc3)cn2)cc1. The molecule has 0 saturated heterocycles. The Labute approximate surface area is 165 Å². The number of rotatable bonds is 7. The largest absolute Gasteiger partial charge is 0.494 e. The van der Waals surface area contributed by atoms with Crippen LogP contribution in [0.3, 0.4) is 0 Å². The summed E-state index contributed by atoms with van der Waals surface area (Å²) < 4.78 is 5.40. The van der Waals surface area contributed by atoms with Crippen molar-refractivity contribution in [2.45, 2.75) is 6.92 Å². The number of nitrogens with zero attached hydrogens (tertiary/aromatic N) is 2. The molecule has 0 aliphatic heterocycles. The quantitative estimate of drug-likeness (QED) is 0.634.